The first-order valence-electron chi connectivity index (χ1n) is 11.2. The van der Waals surface area contributed by atoms with Crippen LogP contribution in [-0.2, 0) is 11.3 Å². The van der Waals surface area contributed by atoms with Gasteiger partial charge in [0, 0.05) is 51.4 Å². The third kappa shape index (κ3) is 3.94. The molecule has 5 rings (SSSR count). The van der Waals surface area contributed by atoms with Gasteiger partial charge < -0.3 is 19.7 Å². The smallest absolute Gasteiger partial charge is 0.265 e. The van der Waals surface area contributed by atoms with Gasteiger partial charge in [-0.2, -0.15) is 0 Å². The topological polar surface area (TPSA) is 75.8 Å². The number of fused-ring (bicyclic) bond motifs is 4. The number of carbonyl (C=O) groups excluding carboxylic acids is 2. The first-order chi connectivity index (χ1) is 15.0. The molecule has 2 N–H and O–H groups in total. The van der Waals surface area contributed by atoms with E-state index < -0.39 is 0 Å². The van der Waals surface area contributed by atoms with E-state index in [0.717, 1.165) is 63.4 Å². The number of aromatic nitrogens is 1. The Morgan fingerprint density at radius 3 is 2.68 bits per heavy atom. The zero-order chi connectivity index (χ0) is 21.5. The molecule has 2 fully saturated rings. The average molecular weight is 442 g/mol. The molecule has 164 valence electrons. The Morgan fingerprint density at radius 1 is 1.16 bits per heavy atom. The second-order valence-corrected chi connectivity index (χ2v) is 10.1. The molecule has 5 heterocycles. The fourth-order valence-corrected chi connectivity index (χ4v) is 6.42. The summed E-state index contributed by atoms with van der Waals surface area (Å²) < 4.78 is 1.90. The number of piperidine rings is 2. The van der Waals surface area contributed by atoms with Crippen LogP contribution in [0.4, 0.5) is 5.69 Å². The van der Waals surface area contributed by atoms with Crippen LogP contribution in [0.15, 0.2) is 34.4 Å². The van der Waals surface area contributed by atoms with E-state index >= 15 is 0 Å². The van der Waals surface area contributed by atoms with Gasteiger partial charge in [-0.25, -0.2) is 0 Å². The van der Waals surface area contributed by atoms with Gasteiger partial charge in [0.1, 0.15) is 0 Å². The van der Waals surface area contributed by atoms with Crippen LogP contribution in [0.25, 0.3) is 0 Å². The van der Waals surface area contributed by atoms with Gasteiger partial charge in [0.15, 0.2) is 0 Å². The van der Waals surface area contributed by atoms with Crippen molar-refractivity contribution in [2.24, 2.45) is 5.92 Å². The first-order valence-corrected chi connectivity index (χ1v) is 12.1. The highest BCUT2D eigenvalue weighted by Gasteiger charge is 2.42. The molecule has 2 saturated heterocycles. The van der Waals surface area contributed by atoms with E-state index in [1.54, 1.807) is 24.0 Å². The molecule has 0 aliphatic carbocycles. The molecule has 3 aliphatic heterocycles. The van der Waals surface area contributed by atoms with Crippen LogP contribution in [0.5, 0.6) is 0 Å². The number of pyridine rings is 1. The number of thiophene rings is 1. The largest absolute Gasteiger partial charge is 0.342 e. The summed E-state index contributed by atoms with van der Waals surface area (Å²) in [4.78, 5) is 41.2. The monoisotopic (exact) mass is 441 g/mol. The van der Waals surface area contributed by atoms with E-state index in [1.807, 2.05) is 27.0 Å². The highest BCUT2D eigenvalue weighted by molar-refractivity contribution is 7.12. The summed E-state index contributed by atoms with van der Waals surface area (Å²) in [7, 11) is 0. The van der Waals surface area contributed by atoms with Crippen molar-refractivity contribution in [3.63, 3.8) is 0 Å². The lowest BCUT2D eigenvalue weighted by atomic mass is 9.81. The number of amides is 2. The molecule has 0 saturated carbocycles. The quantitative estimate of drug-likeness (QED) is 0.751. The zero-order valence-electron chi connectivity index (χ0n) is 17.8. The molecule has 2 aromatic rings. The van der Waals surface area contributed by atoms with Crippen molar-refractivity contribution in [3.8, 4) is 0 Å². The fourth-order valence-electron chi connectivity index (χ4n) is 5.80. The van der Waals surface area contributed by atoms with Crippen molar-refractivity contribution in [3.05, 3.63) is 50.6 Å². The van der Waals surface area contributed by atoms with Crippen LogP contribution in [0.3, 0.4) is 0 Å². The van der Waals surface area contributed by atoms with Gasteiger partial charge in [-0.3, -0.25) is 14.4 Å². The molecule has 2 aromatic heterocycles. The van der Waals surface area contributed by atoms with Crippen LogP contribution < -0.4 is 15.8 Å². The van der Waals surface area contributed by atoms with E-state index in [9.17, 15) is 14.4 Å². The van der Waals surface area contributed by atoms with Crippen LogP contribution in [0, 0.1) is 5.92 Å². The number of carbonyl (C=O) groups is 2. The maximum Gasteiger partial charge on any atom is 0.265 e. The Morgan fingerprint density at radius 2 is 1.97 bits per heavy atom. The molecule has 0 spiro atoms. The molecule has 3 aliphatic rings. The summed E-state index contributed by atoms with van der Waals surface area (Å²) >= 11 is 1.42. The number of hydrogen-bond acceptors (Lipinski definition) is 4. The Bertz CT molecular complexity index is 1040. The summed E-state index contributed by atoms with van der Waals surface area (Å²) in [6.07, 6.45) is 3.15. The van der Waals surface area contributed by atoms with Crippen LogP contribution >= 0.6 is 11.3 Å². The molecule has 0 radical (unpaired) electrons. The van der Waals surface area contributed by atoms with Gasteiger partial charge in [-0.15, -0.1) is 11.3 Å². The second-order valence-electron chi connectivity index (χ2n) is 9.16. The van der Waals surface area contributed by atoms with Gasteiger partial charge in [0.05, 0.1) is 41.3 Å². The maximum atomic E-state index is 12.7. The van der Waals surface area contributed by atoms with Crippen molar-refractivity contribution in [2.45, 2.75) is 44.7 Å². The highest BCUT2D eigenvalue weighted by atomic mass is 32.1. The standard InChI is InChI=1S/C23H28N4O3S/c1-15(28)25-8-6-18(7-9-25)26-12-16-11-17(14-26)22-19(4-5-21(29)27(22)13-16)24-23(30)20-3-2-10-31-20/h2-5,10,16-18H,6-9,11-14H2,1H3,(H,24,30)/p+1/t16-,17+/m0/s1. The summed E-state index contributed by atoms with van der Waals surface area (Å²) in [5, 5.41) is 4.97. The minimum Gasteiger partial charge on any atom is -0.342 e. The van der Waals surface area contributed by atoms with E-state index in [0.29, 0.717) is 16.8 Å². The minimum atomic E-state index is -0.116. The molecule has 2 amide bonds. The van der Waals surface area contributed by atoms with Crippen molar-refractivity contribution < 1.29 is 14.5 Å². The summed E-state index contributed by atoms with van der Waals surface area (Å²) in [5.41, 5.74) is 1.79. The number of likely N-dealkylation sites (tertiary alicyclic amines) is 2. The first kappa shape index (κ1) is 20.5. The number of hydrogen-bond donors (Lipinski definition) is 2. The highest BCUT2D eigenvalue weighted by Crippen LogP contribution is 2.35. The Hall–Kier alpha value is -2.45. The van der Waals surface area contributed by atoms with E-state index in [2.05, 4.69) is 5.32 Å². The molecule has 2 bridgehead atoms. The summed E-state index contributed by atoms with van der Waals surface area (Å²) in [6, 6.07) is 7.61. The predicted molar refractivity (Wildman–Crippen MR) is 120 cm³/mol. The number of quaternary nitrogens is 1. The lowest BCUT2D eigenvalue weighted by molar-refractivity contribution is -0.937. The molecule has 1 unspecified atom stereocenters. The minimum absolute atomic E-state index is 0.0250. The van der Waals surface area contributed by atoms with E-state index in [-0.39, 0.29) is 23.3 Å². The third-order valence-corrected chi connectivity index (χ3v) is 8.11. The van der Waals surface area contributed by atoms with Gasteiger partial charge in [-0.05, 0) is 23.9 Å². The molecule has 8 heteroatoms. The van der Waals surface area contributed by atoms with E-state index in [1.165, 1.54) is 11.3 Å². The lowest BCUT2D eigenvalue weighted by Crippen LogP contribution is -3.18. The Balaban J connectivity index is 1.38. The van der Waals surface area contributed by atoms with E-state index in [4.69, 9.17) is 0 Å². The summed E-state index contributed by atoms with van der Waals surface area (Å²) in [6.45, 7) is 6.13. The number of nitrogens with one attached hydrogen (secondary N) is 2. The molecule has 3 atom stereocenters. The molecule has 31 heavy (non-hydrogen) atoms. The van der Waals surface area contributed by atoms with Crippen LogP contribution in [-0.4, -0.2) is 53.5 Å². The summed E-state index contributed by atoms with van der Waals surface area (Å²) in [5.74, 6) is 0.799. The van der Waals surface area contributed by atoms with Crippen molar-refractivity contribution in [1.82, 2.24) is 9.47 Å². The van der Waals surface area contributed by atoms with Crippen molar-refractivity contribution in [1.29, 1.82) is 0 Å². The predicted octanol–water partition coefficient (Wildman–Crippen LogP) is 1.18. The number of anilines is 1. The lowest BCUT2D eigenvalue weighted by Gasteiger charge is -2.45. The van der Waals surface area contributed by atoms with Crippen molar-refractivity contribution in [2.75, 3.05) is 31.5 Å². The van der Waals surface area contributed by atoms with Crippen LogP contribution in [0.2, 0.25) is 0 Å². The van der Waals surface area contributed by atoms with Gasteiger partial charge in [-0.1, -0.05) is 6.07 Å². The van der Waals surface area contributed by atoms with Gasteiger partial charge in [0.25, 0.3) is 11.5 Å². The third-order valence-electron chi connectivity index (χ3n) is 7.24. The van der Waals surface area contributed by atoms with Crippen molar-refractivity contribution >= 4 is 28.8 Å². The van der Waals surface area contributed by atoms with Gasteiger partial charge in [0.2, 0.25) is 5.91 Å². The van der Waals surface area contributed by atoms with Crippen LogP contribution in [0.1, 0.15) is 47.5 Å². The number of rotatable bonds is 3. The number of nitrogens with zero attached hydrogens (tertiary/aromatic N) is 2. The molecular weight excluding hydrogens is 412 g/mol. The fraction of sp³-hybridized carbons (Fsp3) is 0.522. The van der Waals surface area contributed by atoms with Gasteiger partial charge >= 0.3 is 0 Å². The maximum absolute atomic E-state index is 12.7. The molecule has 7 nitrogen and oxygen atoms in total. The molecular formula is C23H29N4O3S+. The SMILES string of the molecule is CC(=O)N1CCC([NH+]2C[C@@H]3C[C@H](C2)c2c(NC(=O)c4cccs4)ccc(=O)n2C3)CC1. The zero-order valence-corrected chi connectivity index (χ0v) is 18.6. The second kappa shape index (κ2) is 8.24. The Kier molecular flexibility index (Phi) is 5.44. The average Bonchev–Trinajstić information content (AvgIpc) is 3.31. The Labute approximate surface area is 185 Å². The normalized spacial score (nSPS) is 25.7. The molecule has 0 aromatic carbocycles.